The standard InChI is InChI=1S/C12H16O4.C5H8O.C4H8O2/c1-9(2)11(13)15-7-5-6-8-16-12(14)10(3)4;1-4(2)5(3)6;5-3-1-2-4-6/h5-6H,1,3,7-8H2,2,4H3;1H2,2-3H3;1-2,5-6H,3-4H2/b6-5-;;2-1-. The normalized spacial score (nSPS) is 9.50. The quantitative estimate of drug-likeness (QED) is 0.350. The Kier molecular flexibility index (Phi) is 22.0. The molecule has 0 aliphatic heterocycles. The molecule has 0 fully saturated rings. The van der Waals surface area contributed by atoms with Crippen molar-refractivity contribution in [1.29, 1.82) is 0 Å². The second-order valence-corrected chi connectivity index (χ2v) is 5.40. The first-order valence-corrected chi connectivity index (χ1v) is 8.34. The van der Waals surface area contributed by atoms with Crippen molar-refractivity contribution in [2.45, 2.75) is 27.7 Å². The van der Waals surface area contributed by atoms with Gasteiger partial charge >= 0.3 is 11.9 Å². The summed E-state index contributed by atoms with van der Waals surface area (Å²) in [6, 6.07) is 0. The minimum atomic E-state index is -0.441. The number of esters is 2. The van der Waals surface area contributed by atoms with Gasteiger partial charge in [-0.3, -0.25) is 4.79 Å². The number of hydrogen-bond donors (Lipinski definition) is 2. The molecule has 7 heteroatoms. The summed E-state index contributed by atoms with van der Waals surface area (Å²) < 4.78 is 9.55. The van der Waals surface area contributed by atoms with Crippen LogP contribution in [-0.2, 0) is 23.9 Å². The van der Waals surface area contributed by atoms with E-state index in [2.05, 4.69) is 19.7 Å². The maximum Gasteiger partial charge on any atom is 0.333 e. The first-order valence-electron chi connectivity index (χ1n) is 8.34. The average molecular weight is 396 g/mol. The van der Waals surface area contributed by atoms with Gasteiger partial charge in [0.1, 0.15) is 13.2 Å². The number of hydrogen-bond acceptors (Lipinski definition) is 7. The molecule has 2 N–H and O–H groups in total. The molecule has 0 aromatic rings. The van der Waals surface area contributed by atoms with Crippen LogP contribution in [0.25, 0.3) is 0 Å². The SMILES string of the molecule is C=C(C)C(=O)OC/C=C\COC(=O)C(=C)C.C=C(C)C(C)=O.OC/C=C\CO. The molecular formula is C21H32O7. The smallest absolute Gasteiger partial charge is 0.333 e. The van der Waals surface area contributed by atoms with Crippen LogP contribution < -0.4 is 0 Å². The summed E-state index contributed by atoms with van der Waals surface area (Å²) in [6.07, 6.45) is 6.15. The van der Waals surface area contributed by atoms with E-state index in [1.165, 1.54) is 19.1 Å². The third-order valence-corrected chi connectivity index (χ3v) is 2.46. The Morgan fingerprint density at radius 2 is 0.964 bits per heavy atom. The lowest BCUT2D eigenvalue weighted by atomic mass is 10.3. The number of ether oxygens (including phenoxy) is 2. The molecule has 0 unspecified atom stereocenters. The highest BCUT2D eigenvalue weighted by Gasteiger charge is 2.01. The lowest BCUT2D eigenvalue weighted by Gasteiger charge is -2.01. The molecule has 0 heterocycles. The maximum absolute atomic E-state index is 10.9. The molecule has 0 saturated heterocycles. The van der Waals surface area contributed by atoms with Crippen molar-refractivity contribution in [3.05, 3.63) is 60.8 Å². The number of allylic oxidation sites excluding steroid dienone is 1. The highest BCUT2D eigenvalue weighted by molar-refractivity contribution is 5.91. The van der Waals surface area contributed by atoms with Gasteiger partial charge in [-0.25, -0.2) is 9.59 Å². The van der Waals surface area contributed by atoms with Gasteiger partial charge in [0.05, 0.1) is 13.2 Å². The molecule has 0 spiro atoms. The highest BCUT2D eigenvalue weighted by atomic mass is 16.5. The van der Waals surface area contributed by atoms with Crippen molar-refractivity contribution in [3.63, 3.8) is 0 Å². The summed E-state index contributed by atoms with van der Waals surface area (Å²) in [5.74, 6) is -0.817. The second-order valence-electron chi connectivity index (χ2n) is 5.40. The largest absolute Gasteiger partial charge is 0.458 e. The van der Waals surface area contributed by atoms with Crippen molar-refractivity contribution < 1.29 is 34.1 Å². The predicted octanol–water partition coefficient (Wildman–Crippen LogP) is 2.46. The zero-order chi connectivity index (χ0) is 22.5. The zero-order valence-electron chi connectivity index (χ0n) is 17.2. The zero-order valence-corrected chi connectivity index (χ0v) is 17.2. The number of Topliss-reactive ketones (excluding diaryl/α,β-unsaturated/α-hetero) is 1. The number of aliphatic hydroxyl groups is 2. The van der Waals surface area contributed by atoms with E-state index in [1.807, 2.05) is 0 Å². The summed E-state index contributed by atoms with van der Waals surface area (Å²) in [5.41, 5.74) is 1.32. The molecule has 0 amide bonds. The van der Waals surface area contributed by atoms with Crippen LogP contribution in [0.1, 0.15) is 27.7 Å². The molecule has 0 saturated carbocycles. The molecule has 0 bridgehead atoms. The topological polar surface area (TPSA) is 110 Å². The van der Waals surface area contributed by atoms with E-state index >= 15 is 0 Å². The van der Waals surface area contributed by atoms with Gasteiger partial charge in [-0.05, 0) is 45.4 Å². The van der Waals surface area contributed by atoms with Crippen LogP contribution in [0.3, 0.4) is 0 Å². The number of aliphatic hydroxyl groups excluding tert-OH is 2. The van der Waals surface area contributed by atoms with E-state index in [-0.39, 0.29) is 32.2 Å². The Labute approximate surface area is 167 Å². The molecule has 0 aliphatic carbocycles. The summed E-state index contributed by atoms with van der Waals surface area (Å²) in [7, 11) is 0. The Morgan fingerprint density at radius 3 is 1.14 bits per heavy atom. The van der Waals surface area contributed by atoms with Gasteiger partial charge in [0.15, 0.2) is 5.78 Å². The molecule has 28 heavy (non-hydrogen) atoms. The first-order chi connectivity index (χ1) is 13.0. The van der Waals surface area contributed by atoms with E-state index in [0.717, 1.165) is 0 Å². The van der Waals surface area contributed by atoms with Crippen LogP contribution in [0.4, 0.5) is 0 Å². The second kappa shape index (κ2) is 20.5. The molecule has 0 rings (SSSR count). The third-order valence-electron chi connectivity index (χ3n) is 2.46. The van der Waals surface area contributed by atoms with E-state index in [4.69, 9.17) is 19.7 Å². The molecule has 0 aromatic heterocycles. The molecular weight excluding hydrogens is 364 g/mol. The molecule has 0 radical (unpaired) electrons. The lowest BCUT2D eigenvalue weighted by molar-refractivity contribution is -0.139. The van der Waals surface area contributed by atoms with E-state index < -0.39 is 11.9 Å². The fourth-order valence-corrected chi connectivity index (χ4v) is 0.779. The number of rotatable bonds is 9. The summed E-state index contributed by atoms with van der Waals surface area (Å²) in [6.45, 7) is 16.9. The third kappa shape index (κ3) is 25.5. The minimum absolute atomic E-state index is 0.0144. The van der Waals surface area contributed by atoms with Gasteiger partial charge in [-0.1, -0.05) is 31.9 Å². The van der Waals surface area contributed by atoms with Crippen molar-refractivity contribution in [2.75, 3.05) is 26.4 Å². The highest BCUT2D eigenvalue weighted by Crippen LogP contribution is 1.93. The van der Waals surface area contributed by atoms with Gasteiger partial charge in [0, 0.05) is 11.1 Å². The van der Waals surface area contributed by atoms with Crippen LogP contribution in [0.2, 0.25) is 0 Å². The molecule has 7 nitrogen and oxygen atoms in total. The van der Waals surface area contributed by atoms with Crippen LogP contribution in [0.5, 0.6) is 0 Å². The predicted molar refractivity (Wildman–Crippen MR) is 109 cm³/mol. The van der Waals surface area contributed by atoms with Crippen LogP contribution in [-0.4, -0.2) is 54.4 Å². The number of carbonyl (C=O) groups is 3. The Hall–Kier alpha value is -2.77. The Balaban J connectivity index is -0.000000426. The van der Waals surface area contributed by atoms with Crippen molar-refractivity contribution in [3.8, 4) is 0 Å². The van der Waals surface area contributed by atoms with E-state index in [0.29, 0.717) is 16.7 Å². The van der Waals surface area contributed by atoms with Gasteiger partial charge in [0.25, 0.3) is 0 Å². The summed E-state index contributed by atoms with van der Waals surface area (Å²) in [5, 5.41) is 16.0. The number of ketones is 1. The Morgan fingerprint density at radius 1 is 0.679 bits per heavy atom. The fraction of sp³-hybridized carbons (Fsp3) is 0.381. The molecule has 0 atom stereocenters. The lowest BCUT2D eigenvalue weighted by Crippen LogP contribution is -2.06. The maximum atomic E-state index is 10.9. The van der Waals surface area contributed by atoms with Crippen LogP contribution in [0, 0.1) is 0 Å². The van der Waals surface area contributed by atoms with E-state index in [1.54, 1.807) is 32.9 Å². The average Bonchev–Trinajstić information content (AvgIpc) is 2.63. The van der Waals surface area contributed by atoms with Crippen LogP contribution in [0.15, 0.2) is 60.8 Å². The molecule has 0 aromatic carbocycles. The van der Waals surface area contributed by atoms with Gasteiger partial charge < -0.3 is 19.7 Å². The molecule has 158 valence electrons. The van der Waals surface area contributed by atoms with Crippen molar-refractivity contribution >= 4 is 17.7 Å². The molecule has 0 aliphatic rings. The van der Waals surface area contributed by atoms with Crippen molar-refractivity contribution in [1.82, 2.24) is 0 Å². The van der Waals surface area contributed by atoms with Crippen molar-refractivity contribution in [2.24, 2.45) is 0 Å². The monoisotopic (exact) mass is 396 g/mol. The van der Waals surface area contributed by atoms with Gasteiger partial charge in [-0.2, -0.15) is 0 Å². The van der Waals surface area contributed by atoms with E-state index in [9.17, 15) is 14.4 Å². The fourth-order valence-electron chi connectivity index (χ4n) is 0.779. The van der Waals surface area contributed by atoms with Gasteiger partial charge in [0.2, 0.25) is 0 Å². The Bertz CT molecular complexity index is 534. The summed E-state index contributed by atoms with van der Waals surface area (Å²) in [4.78, 5) is 31.9. The summed E-state index contributed by atoms with van der Waals surface area (Å²) >= 11 is 0. The van der Waals surface area contributed by atoms with Crippen LogP contribution >= 0.6 is 0 Å². The van der Waals surface area contributed by atoms with Gasteiger partial charge in [-0.15, -0.1) is 0 Å². The minimum Gasteiger partial charge on any atom is -0.458 e. The first kappa shape index (κ1) is 30.0. The number of carbonyl (C=O) groups excluding carboxylic acids is 3.